The summed E-state index contributed by atoms with van der Waals surface area (Å²) in [6.07, 6.45) is 0.985. The van der Waals surface area contributed by atoms with E-state index in [1.807, 2.05) is 4.90 Å². The van der Waals surface area contributed by atoms with E-state index in [1.165, 1.54) is 29.5 Å². The van der Waals surface area contributed by atoms with Crippen LogP contribution in [0.4, 0.5) is 14.9 Å². The summed E-state index contributed by atoms with van der Waals surface area (Å²) in [5.41, 5.74) is 2.06. The van der Waals surface area contributed by atoms with Gasteiger partial charge in [0.05, 0.1) is 5.01 Å². The molecule has 0 bridgehead atoms. The average molecular weight is 547 g/mol. The number of thiocarbonyl (C=S) groups is 1. The number of hydrogen-bond donors (Lipinski definition) is 2. The summed E-state index contributed by atoms with van der Waals surface area (Å²) in [6.45, 7) is 3.53. The summed E-state index contributed by atoms with van der Waals surface area (Å²) in [4.78, 5) is 31.0. The second-order valence-corrected chi connectivity index (χ2v) is 9.84. The van der Waals surface area contributed by atoms with E-state index in [0.717, 1.165) is 23.4 Å². The molecule has 2 N–H and O–H groups in total. The third kappa shape index (κ3) is 6.37. The SMILES string of the molecule is CCNC(=O)OC(=S)N1CCC(c2nc(C(=O)Nc3ccc(F)cc3-c3ccc(Cl)cc3)cs2)CC1. The molecular weight excluding hydrogens is 523 g/mol. The molecule has 2 amide bonds. The van der Waals surface area contributed by atoms with Gasteiger partial charge in [0, 0.05) is 47.2 Å². The Labute approximate surface area is 222 Å². The van der Waals surface area contributed by atoms with Crippen LogP contribution in [0.3, 0.4) is 0 Å². The fourth-order valence-corrected chi connectivity index (χ4v) is 5.25. The fraction of sp³-hybridized carbons (Fsp3) is 0.280. The first-order valence-electron chi connectivity index (χ1n) is 11.4. The van der Waals surface area contributed by atoms with Crippen molar-refractivity contribution in [3.63, 3.8) is 0 Å². The van der Waals surface area contributed by atoms with Gasteiger partial charge >= 0.3 is 6.09 Å². The lowest BCUT2D eigenvalue weighted by molar-refractivity contribution is 0.102. The lowest BCUT2D eigenvalue weighted by Gasteiger charge is -2.31. The molecule has 0 unspecified atom stereocenters. The molecule has 0 radical (unpaired) electrons. The Kier molecular flexibility index (Phi) is 8.50. The predicted molar refractivity (Wildman–Crippen MR) is 143 cm³/mol. The largest absolute Gasteiger partial charge is 0.414 e. The zero-order valence-electron chi connectivity index (χ0n) is 19.4. The Morgan fingerprint density at radius 1 is 1.22 bits per heavy atom. The van der Waals surface area contributed by atoms with Gasteiger partial charge in [-0.05, 0) is 67.9 Å². The number of nitrogens with one attached hydrogen (secondary N) is 2. The van der Waals surface area contributed by atoms with Crippen molar-refractivity contribution in [2.45, 2.75) is 25.7 Å². The maximum atomic E-state index is 14.0. The summed E-state index contributed by atoms with van der Waals surface area (Å²) in [5, 5.41) is 8.74. The van der Waals surface area contributed by atoms with Gasteiger partial charge in [0.25, 0.3) is 11.1 Å². The second-order valence-electron chi connectivity index (χ2n) is 8.17. The number of aromatic nitrogens is 1. The number of piperidine rings is 1. The van der Waals surface area contributed by atoms with Crippen LogP contribution in [0.5, 0.6) is 0 Å². The normalized spacial score (nSPS) is 13.8. The summed E-state index contributed by atoms with van der Waals surface area (Å²) in [6, 6.07) is 11.2. The van der Waals surface area contributed by atoms with E-state index in [-0.39, 0.29) is 17.0 Å². The fourth-order valence-electron chi connectivity index (χ4n) is 3.89. The van der Waals surface area contributed by atoms with E-state index in [0.29, 0.717) is 41.6 Å². The minimum atomic E-state index is -0.555. The zero-order chi connectivity index (χ0) is 25.7. The Hall–Kier alpha value is -3.08. The summed E-state index contributed by atoms with van der Waals surface area (Å²) < 4.78 is 19.1. The van der Waals surface area contributed by atoms with Gasteiger partial charge in [-0.15, -0.1) is 11.3 Å². The number of halogens is 2. The molecule has 188 valence electrons. The molecule has 7 nitrogen and oxygen atoms in total. The number of nitrogens with zero attached hydrogens (tertiary/aromatic N) is 2. The van der Waals surface area contributed by atoms with Crippen molar-refractivity contribution in [2.75, 3.05) is 25.0 Å². The molecule has 0 spiro atoms. The first kappa shape index (κ1) is 26.0. The third-order valence-electron chi connectivity index (χ3n) is 5.74. The number of alkyl carbamates (subject to hydrolysis) is 1. The highest BCUT2D eigenvalue weighted by Crippen LogP contribution is 2.32. The molecule has 0 aliphatic carbocycles. The average Bonchev–Trinajstić information content (AvgIpc) is 3.36. The highest BCUT2D eigenvalue weighted by Gasteiger charge is 2.26. The number of anilines is 1. The van der Waals surface area contributed by atoms with E-state index in [9.17, 15) is 14.0 Å². The molecular formula is C25H24ClFN4O3S2. The Morgan fingerprint density at radius 3 is 2.64 bits per heavy atom. The van der Waals surface area contributed by atoms with Gasteiger partial charge in [-0.25, -0.2) is 14.2 Å². The van der Waals surface area contributed by atoms with Crippen molar-refractivity contribution in [3.05, 3.63) is 69.4 Å². The number of thiazole rings is 1. The minimum Gasteiger partial charge on any atom is -0.383 e. The molecule has 3 aromatic rings. The van der Waals surface area contributed by atoms with Crippen LogP contribution in [0, 0.1) is 5.82 Å². The van der Waals surface area contributed by atoms with Crippen LogP contribution in [0.15, 0.2) is 47.8 Å². The van der Waals surface area contributed by atoms with Crippen LogP contribution >= 0.6 is 35.2 Å². The van der Waals surface area contributed by atoms with Gasteiger partial charge in [-0.2, -0.15) is 0 Å². The van der Waals surface area contributed by atoms with Crippen molar-refractivity contribution in [3.8, 4) is 11.1 Å². The number of likely N-dealkylation sites (tertiary alicyclic amines) is 1. The quantitative estimate of drug-likeness (QED) is 0.378. The number of hydrogen-bond acceptors (Lipinski definition) is 6. The molecule has 1 aromatic heterocycles. The van der Waals surface area contributed by atoms with Gasteiger partial charge in [0.2, 0.25) is 0 Å². The van der Waals surface area contributed by atoms with Crippen LogP contribution < -0.4 is 10.6 Å². The van der Waals surface area contributed by atoms with Crippen molar-refractivity contribution >= 4 is 58.0 Å². The summed E-state index contributed by atoms with van der Waals surface area (Å²) in [7, 11) is 0. The van der Waals surface area contributed by atoms with Crippen LogP contribution in [0.2, 0.25) is 5.02 Å². The van der Waals surface area contributed by atoms with Crippen LogP contribution in [0.1, 0.15) is 41.2 Å². The van der Waals surface area contributed by atoms with Crippen LogP contribution in [-0.2, 0) is 4.74 Å². The molecule has 0 atom stereocenters. The molecule has 4 rings (SSSR count). The number of carbonyl (C=O) groups excluding carboxylic acids is 2. The summed E-state index contributed by atoms with van der Waals surface area (Å²) in [5.74, 6) is -0.597. The maximum Gasteiger partial charge on any atom is 0.414 e. The van der Waals surface area contributed by atoms with Crippen molar-refractivity contribution < 1.29 is 18.7 Å². The topological polar surface area (TPSA) is 83.6 Å². The minimum absolute atomic E-state index is 0.161. The van der Waals surface area contributed by atoms with Crippen LogP contribution in [-0.4, -0.2) is 46.7 Å². The molecule has 1 aliphatic heterocycles. The van der Waals surface area contributed by atoms with E-state index in [4.69, 9.17) is 28.6 Å². The van der Waals surface area contributed by atoms with Gasteiger partial charge in [-0.1, -0.05) is 23.7 Å². The number of carbonyl (C=O) groups is 2. The van der Waals surface area contributed by atoms with Gasteiger partial charge in [-0.3, -0.25) is 4.79 Å². The molecule has 0 saturated carbocycles. The maximum absolute atomic E-state index is 14.0. The molecule has 2 heterocycles. The Balaban J connectivity index is 1.39. The number of ether oxygens (including phenoxy) is 1. The van der Waals surface area contributed by atoms with Gasteiger partial charge in [0.15, 0.2) is 0 Å². The van der Waals surface area contributed by atoms with Crippen molar-refractivity contribution in [1.29, 1.82) is 0 Å². The zero-order valence-corrected chi connectivity index (χ0v) is 21.8. The molecule has 11 heteroatoms. The first-order valence-corrected chi connectivity index (χ1v) is 13.1. The van der Waals surface area contributed by atoms with Crippen LogP contribution in [0.25, 0.3) is 11.1 Å². The molecule has 1 aliphatic rings. The van der Waals surface area contributed by atoms with E-state index < -0.39 is 11.9 Å². The van der Waals surface area contributed by atoms with E-state index >= 15 is 0 Å². The van der Waals surface area contributed by atoms with E-state index in [2.05, 4.69) is 15.6 Å². The standard InChI is InChI=1S/C25H24ClFN4O3S2/c1-2-28-24(33)34-25(35)31-11-9-16(10-12-31)23-30-21(14-36-23)22(32)29-20-8-7-18(27)13-19(20)15-3-5-17(26)6-4-15/h3-8,13-14,16H,2,9-12H2,1H3,(H,28,33)(H,29,32). The highest BCUT2D eigenvalue weighted by molar-refractivity contribution is 7.80. The van der Waals surface area contributed by atoms with Crippen molar-refractivity contribution in [2.24, 2.45) is 0 Å². The third-order valence-corrected chi connectivity index (χ3v) is 7.34. The van der Waals surface area contributed by atoms with Gasteiger partial charge in [0.1, 0.15) is 11.5 Å². The number of rotatable bonds is 5. The predicted octanol–water partition coefficient (Wildman–Crippen LogP) is 6.07. The number of amides is 2. The lowest BCUT2D eigenvalue weighted by atomic mass is 9.98. The monoisotopic (exact) mass is 546 g/mol. The smallest absolute Gasteiger partial charge is 0.383 e. The molecule has 1 saturated heterocycles. The Bertz CT molecular complexity index is 1260. The molecule has 2 aromatic carbocycles. The van der Waals surface area contributed by atoms with Gasteiger partial charge < -0.3 is 20.3 Å². The van der Waals surface area contributed by atoms with E-state index in [1.54, 1.807) is 36.6 Å². The number of benzene rings is 2. The first-order chi connectivity index (χ1) is 17.3. The van der Waals surface area contributed by atoms with Crippen molar-refractivity contribution in [1.82, 2.24) is 15.2 Å². The molecule has 36 heavy (non-hydrogen) atoms. The second kappa shape index (κ2) is 11.8. The highest BCUT2D eigenvalue weighted by atomic mass is 35.5. The lowest BCUT2D eigenvalue weighted by Crippen LogP contribution is -2.40. The Morgan fingerprint density at radius 2 is 1.94 bits per heavy atom. The summed E-state index contributed by atoms with van der Waals surface area (Å²) >= 11 is 12.6. The molecule has 1 fully saturated rings.